The van der Waals surface area contributed by atoms with Crippen LogP contribution in [0.25, 0.3) is 0 Å². The smallest absolute Gasteiger partial charge is 0.185 e. The van der Waals surface area contributed by atoms with E-state index in [0.717, 1.165) is 16.5 Å². The number of benzene rings is 1. The number of amidine groups is 1. The molecule has 0 amide bonds. The van der Waals surface area contributed by atoms with Crippen molar-refractivity contribution in [2.45, 2.75) is 10.6 Å². The van der Waals surface area contributed by atoms with Gasteiger partial charge in [0.15, 0.2) is 9.84 Å². The molecule has 1 aromatic carbocycles. The lowest BCUT2D eigenvalue weighted by Crippen LogP contribution is -2.31. The predicted octanol–water partition coefficient (Wildman–Crippen LogP) is 3.78. The van der Waals surface area contributed by atoms with Gasteiger partial charge in [0, 0.05) is 23.1 Å². The molecule has 1 aromatic heterocycles. The number of halogens is 2. The number of terminal acetylenes is 1. The molecule has 144 valence electrons. The van der Waals surface area contributed by atoms with Crippen LogP contribution in [0.3, 0.4) is 0 Å². The molecule has 0 saturated heterocycles. The zero-order chi connectivity index (χ0) is 19.7. The first-order valence-electron chi connectivity index (χ1n) is 7.77. The highest BCUT2D eigenvalue weighted by Gasteiger charge is 2.19. The molecule has 10 heteroatoms. The molecule has 0 spiro atoms. The summed E-state index contributed by atoms with van der Waals surface area (Å²) in [7, 11) is -3.63. The second-order valence-corrected chi connectivity index (χ2v) is 10.1. The highest BCUT2D eigenvalue weighted by atomic mass is 35.5. The van der Waals surface area contributed by atoms with Crippen molar-refractivity contribution in [3.8, 4) is 12.3 Å². The number of thioether (sulfide) groups is 1. The third-order valence-electron chi connectivity index (χ3n) is 3.22. The van der Waals surface area contributed by atoms with Gasteiger partial charge in [-0.1, -0.05) is 29.1 Å². The largest absolute Gasteiger partial charge is 0.362 e. The molecule has 0 saturated carbocycles. The van der Waals surface area contributed by atoms with Gasteiger partial charge < -0.3 is 5.32 Å². The van der Waals surface area contributed by atoms with Crippen molar-refractivity contribution in [3.05, 3.63) is 44.8 Å². The quantitative estimate of drug-likeness (QED) is 0.266. The normalized spacial score (nSPS) is 12.0. The molecule has 5 nitrogen and oxygen atoms in total. The van der Waals surface area contributed by atoms with Crippen LogP contribution in [0.2, 0.25) is 10.0 Å². The van der Waals surface area contributed by atoms with Crippen LogP contribution < -0.4 is 5.32 Å². The Balaban J connectivity index is 1.99. The van der Waals surface area contributed by atoms with E-state index in [-0.39, 0.29) is 22.2 Å². The topological polar surface area (TPSA) is 71.4 Å². The summed E-state index contributed by atoms with van der Waals surface area (Å²) in [6.45, 7) is 0.668. The van der Waals surface area contributed by atoms with Gasteiger partial charge in [-0.2, -0.15) is 11.8 Å². The summed E-state index contributed by atoms with van der Waals surface area (Å²) in [5.74, 6) is 4.01. The average molecular weight is 462 g/mol. The minimum Gasteiger partial charge on any atom is -0.362 e. The zero-order valence-electron chi connectivity index (χ0n) is 14.2. The number of thiazole rings is 1. The second kappa shape index (κ2) is 10.9. The van der Waals surface area contributed by atoms with Crippen LogP contribution in [0.4, 0.5) is 0 Å². The number of rotatable bonds is 9. The standard InChI is InChI=1S/C17H17Cl2N3O2S3/c1-2-5-20-16(21-6-8-25-11-17-22-7-9-26-17)12-27(23,24)13-3-4-14(18)15(19)10-13/h1,3-4,7,9-10H,5-6,8,11-12H2,(H,20,21). The number of hydrogen-bond donors (Lipinski definition) is 1. The van der Waals surface area contributed by atoms with Crippen LogP contribution in [0.5, 0.6) is 0 Å². The Morgan fingerprint density at radius 1 is 1.37 bits per heavy atom. The minimum absolute atomic E-state index is 0.0882. The molecule has 0 aliphatic rings. The average Bonchev–Trinajstić information content (AvgIpc) is 3.14. The fourth-order valence-corrected chi connectivity index (χ4v) is 5.16. The van der Waals surface area contributed by atoms with Crippen LogP contribution in [0.15, 0.2) is 39.7 Å². The number of nitrogens with zero attached hydrogens (tertiary/aromatic N) is 2. The third kappa shape index (κ3) is 7.35. The minimum atomic E-state index is -3.63. The molecular weight excluding hydrogens is 445 g/mol. The molecule has 2 aromatic rings. The second-order valence-electron chi connectivity index (χ2n) is 5.20. The molecule has 0 aliphatic heterocycles. The van der Waals surface area contributed by atoms with E-state index < -0.39 is 9.84 Å². The fraction of sp³-hybridized carbons (Fsp3) is 0.294. The van der Waals surface area contributed by atoms with Crippen molar-refractivity contribution in [3.63, 3.8) is 0 Å². The highest BCUT2D eigenvalue weighted by Crippen LogP contribution is 2.25. The lowest BCUT2D eigenvalue weighted by molar-refractivity contribution is 0.599. The van der Waals surface area contributed by atoms with E-state index in [4.69, 9.17) is 29.6 Å². The Hall–Kier alpha value is -1.24. The number of sulfone groups is 1. The van der Waals surface area contributed by atoms with Gasteiger partial charge in [0.1, 0.15) is 16.6 Å². The van der Waals surface area contributed by atoms with E-state index in [1.54, 1.807) is 29.3 Å². The number of nitrogens with one attached hydrogen (secondary N) is 1. The van der Waals surface area contributed by atoms with Gasteiger partial charge in [0.25, 0.3) is 0 Å². The van der Waals surface area contributed by atoms with Gasteiger partial charge in [-0.3, -0.25) is 4.99 Å². The summed E-state index contributed by atoms with van der Waals surface area (Å²) in [4.78, 5) is 8.67. The summed E-state index contributed by atoms with van der Waals surface area (Å²) < 4.78 is 25.3. The van der Waals surface area contributed by atoms with Gasteiger partial charge in [-0.05, 0) is 18.2 Å². The van der Waals surface area contributed by atoms with Crippen LogP contribution >= 0.6 is 46.3 Å². The Labute approximate surface area is 177 Å². The zero-order valence-corrected chi connectivity index (χ0v) is 18.2. The first kappa shape index (κ1) is 22.1. The van der Waals surface area contributed by atoms with Gasteiger partial charge in [-0.25, -0.2) is 13.4 Å². The molecule has 0 fully saturated rings. The van der Waals surface area contributed by atoms with E-state index >= 15 is 0 Å². The Kier molecular flexibility index (Phi) is 8.93. The van der Waals surface area contributed by atoms with Crippen molar-refractivity contribution in [1.29, 1.82) is 0 Å². The lowest BCUT2D eigenvalue weighted by atomic mass is 10.4. The van der Waals surface area contributed by atoms with E-state index in [1.165, 1.54) is 18.2 Å². The van der Waals surface area contributed by atoms with Crippen LogP contribution in [-0.2, 0) is 15.6 Å². The molecule has 27 heavy (non-hydrogen) atoms. The maximum absolute atomic E-state index is 12.6. The lowest BCUT2D eigenvalue weighted by Gasteiger charge is -2.10. The summed E-state index contributed by atoms with van der Waals surface area (Å²) in [5.41, 5.74) is 0. The summed E-state index contributed by atoms with van der Waals surface area (Å²) >= 11 is 15.1. The highest BCUT2D eigenvalue weighted by molar-refractivity contribution is 7.98. The van der Waals surface area contributed by atoms with E-state index in [1.807, 2.05) is 5.38 Å². The SMILES string of the molecule is C#CCNC(CS(=O)(=O)c1ccc(Cl)c(Cl)c1)=NCCSCc1nccs1. The molecule has 1 heterocycles. The van der Waals surface area contributed by atoms with Crippen molar-refractivity contribution in [1.82, 2.24) is 10.3 Å². The number of aliphatic imine (C=N–C) groups is 1. The van der Waals surface area contributed by atoms with Crippen LogP contribution in [0, 0.1) is 12.3 Å². The van der Waals surface area contributed by atoms with Gasteiger partial charge in [-0.15, -0.1) is 17.8 Å². The van der Waals surface area contributed by atoms with Crippen molar-refractivity contribution < 1.29 is 8.42 Å². The predicted molar refractivity (Wildman–Crippen MR) is 116 cm³/mol. The number of hydrogen-bond acceptors (Lipinski definition) is 6. The van der Waals surface area contributed by atoms with E-state index in [2.05, 4.69) is 21.2 Å². The van der Waals surface area contributed by atoms with Crippen molar-refractivity contribution in [2.75, 3.05) is 24.6 Å². The first-order valence-corrected chi connectivity index (χ1v) is 12.2. The molecule has 0 unspecified atom stereocenters. The van der Waals surface area contributed by atoms with Crippen LogP contribution in [0.1, 0.15) is 5.01 Å². The Bertz CT molecular complexity index is 923. The van der Waals surface area contributed by atoms with Crippen molar-refractivity contribution >= 4 is 62.0 Å². The number of aromatic nitrogens is 1. The summed E-state index contributed by atoms with van der Waals surface area (Å²) in [5, 5.41) is 6.35. The van der Waals surface area contributed by atoms with Gasteiger partial charge in [0.05, 0.1) is 28.0 Å². The summed E-state index contributed by atoms with van der Waals surface area (Å²) in [6.07, 6.45) is 7.03. The molecule has 1 N–H and O–H groups in total. The summed E-state index contributed by atoms with van der Waals surface area (Å²) in [6, 6.07) is 4.21. The van der Waals surface area contributed by atoms with Crippen molar-refractivity contribution in [2.24, 2.45) is 4.99 Å². The molecule has 0 radical (unpaired) electrons. The fourth-order valence-electron chi connectivity index (χ4n) is 1.97. The first-order chi connectivity index (χ1) is 12.9. The van der Waals surface area contributed by atoms with Gasteiger partial charge >= 0.3 is 0 Å². The molecule has 0 aliphatic carbocycles. The molecule has 0 atom stereocenters. The Morgan fingerprint density at radius 2 is 2.19 bits per heavy atom. The monoisotopic (exact) mass is 461 g/mol. The Morgan fingerprint density at radius 3 is 2.85 bits per heavy atom. The van der Waals surface area contributed by atoms with E-state index in [9.17, 15) is 8.42 Å². The third-order valence-corrected chi connectivity index (χ3v) is 7.49. The van der Waals surface area contributed by atoms with Crippen LogP contribution in [-0.4, -0.2) is 43.8 Å². The van der Waals surface area contributed by atoms with Gasteiger partial charge in [0.2, 0.25) is 0 Å². The maximum Gasteiger partial charge on any atom is 0.185 e. The molecule has 2 rings (SSSR count). The molecular formula is C17H17Cl2N3O2S3. The van der Waals surface area contributed by atoms with E-state index in [0.29, 0.717) is 17.4 Å². The molecule has 0 bridgehead atoms. The maximum atomic E-state index is 12.6.